The van der Waals surface area contributed by atoms with Crippen molar-refractivity contribution in [2.24, 2.45) is 5.73 Å². The van der Waals surface area contributed by atoms with Gasteiger partial charge in [-0.15, -0.1) is 0 Å². The molecule has 3 aromatic heterocycles. The zero-order valence-electron chi connectivity index (χ0n) is 21.6. The molecule has 2 aliphatic heterocycles. The van der Waals surface area contributed by atoms with E-state index in [0.717, 1.165) is 56.8 Å². The van der Waals surface area contributed by atoms with Crippen LogP contribution in [-0.2, 0) is 4.74 Å². The van der Waals surface area contributed by atoms with Crippen LogP contribution in [0.4, 0.5) is 23.0 Å². The van der Waals surface area contributed by atoms with Gasteiger partial charge in [0.2, 0.25) is 0 Å². The minimum Gasteiger partial charge on any atom is -0.381 e. The molecule has 0 saturated carbocycles. The van der Waals surface area contributed by atoms with Gasteiger partial charge in [-0.2, -0.15) is 0 Å². The van der Waals surface area contributed by atoms with Crippen molar-refractivity contribution >= 4 is 34.6 Å². The van der Waals surface area contributed by atoms with Crippen molar-refractivity contribution in [3.8, 4) is 0 Å². The molecule has 11 heteroatoms. The van der Waals surface area contributed by atoms with Crippen molar-refractivity contribution in [3.63, 3.8) is 0 Å². The number of aromatic nitrogens is 4. The molecule has 6 rings (SSSR count). The highest BCUT2D eigenvalue weighted by Gasteiger charge is 2.24. The molecule has 0 spiro atoms. The predicted molar refractivity (Wildman–Crippen MR) is 150 cm³/mol. The molecule has 5 N–H and O–H groups in total. The molecule has 5 heterocycles. The Kier molecular flexibility index (Phi) is 6.89. The number of primary amides is 1. The topological polar surface area (TPSA) is 143 Å². The van der Waals surface area contributed by atoms with Gasteiger partial charge in [0.15, 0.2) is 11.5 Å². The summed E-state index contributed by atoms with van der Waals surface area (Å²) in [5.41, 5.74) is 9.01. The van der Waals surface area contributed by atoms with Gasteiger partial charge in [0.1, 0.15) is 17.2 Å². The maximum Gasteiger partial charge on any atom is 0.279 e. The molecule has 1 atom stereocenters. The van der Waals surface area contributed by atoms with E-state index in [1.165, 1.54) is 5.56 Å². The van der Waals surface area contributed by atoms with Gasteiger partial charge in [-0.25, -0.2) is 9.97 Å². The fourth-order valence-electron chi connectivity index (χ4n) is 5.45. The Labute approximate surface area is 225 Å². The van der Waals surface area contributed by atoms with E-state index in [-0.39, 0.29) is 17.3 Å². The number of rotatable bonds is 7. The zero-order valence-corrected chi connectivity index (χ0v) is 21.6. The number of nitrogens with two attached hydrogens (primary N) is 1. The molecule has 2 saturated heterocycles. The number of benzene rings is 1. The molecular formula is C28H32N8O3. The Hall–Kier alpha value is -4.38. The number of amides is 1. The van der Waals surface area contributed by atoms with Gasteiger partial charge in [-0.3, -0.25) is 14.0 Å². The maximum atomic E-state index is 12.8. The lowest BCUT2D eigenvalue weighted by molar-refractivity contribution is 0.0853. The Bertz CT molecular complexity index is 1520. The summed E-state index contributed by atoms with van der Waals surface area (Å²) in [5, 5.41) is 6.66. The second-order valence-electron chi connectivity index (χ2n) is 10.1. The Balaban J connectivity index is 1.19. The number of nitrogens with one attached hydrogen (secondary N) is 3. The summed E-state index contributed by atoms with van der Waals surface area (Å²) < 4.78 is 7.07. The van der Waals surface area contributed by atoms with E-state index >= 15 is 0 Å². The number of hydrogen-bond donors (Lipinski definition) is 4. The van der Waals surface area contributed by atoms with Gasteiger partial charge in [-0.1, -0.05) is 12.1 Å². The number of aromatic amines is 1. The SMILES string of the molecule is NC(=O)c1ncc(N2CCC[C@@H](Nc3ccc4[nH]ccn4c3=O)C2)nc1Nc1ccc(C2CCOCC2)cc1. The van der Waals surface area contributed by atoms with E-state index in [0.29, 0.717) is 29.8 Å². The van der Waals surface area contributed by atoms with E-state index in [9.17, 15) is 9.59 Å². The number of piperidine rings is 1. The van der Waals surface area contributed by atoms with Crippen molar-refractivity contribution in [1.29, 1.82) is 0 Å². The first kappa shape index (κ1) is 24.9. The molecule has 202 valence electrons. The molecule has 0 radical (unpaired) electrons. The van der Waals surface area contributed by atoms with E-state index in [4.69, 9.17) is 15.5 Å². The van der Waals surface area contributed by atoms with Crippen LogP contribution in [0, 0.1) is 0 Å². The third-order valence-electron chi connectivity index (χ3n) is 7.54. The zero-order chi connectivity index (χ0) is 26.8. The average molecular weight is 529 g/mol. The van der Waals surface area contributed by atoms with Crippen LogP contribution < -0.4 is 26.8 Å². The Morgan fingerprint density at radius 3 is 2.72 bits per heavy atom. The number of fused-ring (bicyclic) bond motifs is 1. The molecule has 2 aliphatic rings. The second kappa shape index (κ2) is 10.8. The summed E-state index contributed by atoms with van der Waals surface area (Å²) in [4.78, 5) is 39.2. The first-order chi connectivity index (χ1) is 19.0. The highest BCUT2D eigenvalue weighted by Crippen LogP contribution is 2.29. The average Bonchev–Trinajstić information content (AvgIpc) is 3.45. The van der Waals surface area contributed by atoms with E-state index in [2.05, 4.69) is 37.6 Å². The summed E-state index contributed by atoms with van der Waals surface area (Å²) in [7, 11) is 0. The van der Waals surface area contributed by atoms with Crippen LogP contribution in [-0.4, -0.2) is 57.6 Å². The lowest BCUT2D eigenvalue weighted by Gasteiger charge is -2.34. The maximum absolute atomic E-state index is 12.8. The van der Waals surface area contributed by atoms with Crippen LogP contribution in [0.15, 0.2) is 59.8 Å². The molecule has 4 aromatic rings. The molecule has 0 aliphatic carbocycles. The van der Waals surface area contributed by atoms with Crippen molar-refractivity contribution in [1.82, 2.24) is 19.4 Å². The van der Waals surface area contributed by atoms with Crippen molar-refractivity contribution in [2.75, 3.05) is 41.8 Å². The summed E-state index contributed by atoms with van der Waals surface area (Å²) in [5.74, 6) is 0.823. The van der Waals surface area contributed by atoms with E-state index in [1.54, 1.807) is 23.0 Å². The highest BCUT2D eigenvalue weighted by atomic mass is 16.5. The number of imidazole rings is 1. The van der Waals surface area contributed by atoms with E-state index in [1.807, 2.05) is 24.3 Å². The number of hydrogen-bond acceptors (Lipinski definition) is 8. The van der Waals surface area contributed by atoms with Crippen LogP contribution in [0.2, 0.25) is 0 Å². The van der Waals surface area contributed by atoms with Crippen molar-refractivity contribution < 1.29 is 9.53 Å². The second-order valence-corrected chi connectivity index (χ2v) is 10.1. The van der Waals surface area contributed by atoms with Crippen LogP contribution in [0.5, 0.6) is 0 Å². The molecule has 1 amide bonds. The number of anilines is 4. The summed E-state index contributed by atoms with van der Waals surface area (Å²) in [6.07, 6.45) is 8.93. The summed E-state index contributed by atoms with van der Waals surface area (Å²) >= 11 is 0. The predicted octanol–water partition coefficient (Wildman–Crippen LogP) is 3.24. The van der Waals surface area contributed by atoms with Crippen LogP contribution in [0.1, 0.15) is 47.7 Å². The van der Waals surface area contributed by atoms with E-state index < -0.39 is 5.91 Å². The number of nitrogens with zero attached hydrogens (tertiary/aromatic N) is 4. The minimum absolute atomic E-state index is 0.0511. The van der Waals surface area contributed by atoms with Gasteiger partial charge < -0.3 is 31.0 Å². The van der Waals surface area contributed by atoms with Crippen LogP contribution >= 0.6 is 0 Å². The molecule has 0 unspecified atom stereocenters. The minimum atomic E-state index is -0.644. The molecule has 0 bridgehead atoms. The van der Waals surface area contributed by atoms with Gasteiger partial charge in [-0.05, 0) is 61.4 Å². The first-order valence-corrected chi connectivity index (χ1v) is 13.4. The van der Waals surface area contributed by atoms with Crippen LogP contribution in [0.3, 0.4) is 0 Å². The number of pyridine rings is 1. The third kappa shape index (κ3) is 5.30. The number of carbonyl (C=O) groups is 1. The molecular weight excluding hydrogens is 496 g/mol. The van der Waals surface area contributed by atoms with Gasteiger partial charge >= 0.3 is 0 Å². The molecule has 1 aromatic carbocycles. The molecule has 2 fully saturated rings. The normalized spacial score (nSPS) is 18.3. The quantitative estimate of drug-likeness (QED) is 0.286. The molecule has 39 heavy (non-hydrogen) atoms. The lowest BCUT2D eigenvalue weighted by atomic mass is 9.92. The Morgan fingerprint density at radius 2 is 1.92 bits per heavy atom. The standard InChI is InChI=1S/C28H32N8O3/c29-26(37)25-27(33-20-5-3-18(4-6-20)19-9-14-39-15-10-19)34-24(16-31-25)35-12-1-2-21(17-35)32-22-7-8-23-30-11-13-36(23)28(22)38/h3-8,11,13,16,19,21,30,32H,1-2,9-10,12,14-15,17H2,(H2,29,37)(H,33,34)/t21-/m1/s1. The number of ether oxygens (including phenoxy) is 1. The fourth-order valence-corrected chi connectivity index (χ4v) is 5.45. The summed E-state index contributed by atoms with van der Waals surface area (Å²) in [6.45, 7) is 3.01. The lowest BCUT2D eigenvalue weighted by Crippen LogP contribution is -2.43. The van der Waals surface area contributed by atoms with Gasteiger partial charge in [0, 0.05) is 50.4 Å². The number of H-pyrrole nitrogens is 1. The number of carbonyl (C=O) groups excluding carboxylic acids is 1. The fraction of sp³-hybridized carbons (Fsp3) is 0.357. The van der Waals surface area contributed by atoms with Crippen molar-refractivity contribution in [3.05, 3.63) is 76.6 Å². The monoisotopic (exact) mass is 528 g/mol. The van der Waals surface area contributed by atoms with Gasteiger partial charge in [0.25, 0.3) is 11.5 Å². The first-order valence-electron chi connectivity index (χ1n) is 13.4. The van der Waals surface area contributed by atoms with Gasteiger partial charge in [0.05, 0.1) is 6.20 Å². The highest BCUT2D eigenvalue weighted by molar-refractivity contribution is 5.96. The van der Waals surface area contributed by atoms with Crippen molar-refractivity contribution in [2.45, 2.75) is 37.6 Å². The smallest absolute Gasteiger partial charge is 0.279 e. The van der Waals surface area contributed by atoms with Crippen LogP contribution in [0.25, 0.3) is 5.65 Å². The Morgan fingerprint density at radius 1 is 1.10 bits per heavy atom. The third-order valence-corrected chi connectivity index (χ3v) is 7.54. The largest absolute Gasteiger partial charge is 0.381 e. The summed E-state index contributed by atoms with van der Waals surface area (Å²) in [6, 6.07) is 11.9. The molecule has 11 nitrogen and oxygen atoms in total.